The summed E-state index contributed by atoms with van der Waals surface area (Å²) >= 11 is 5.33. The number of aliphatic carboxylic acids is 1. The molecule has 0 radical (unpaired) electrons. The maximum atomic E-state index is 12.7. The van der Waals surface area contributed by atoms with Gasteiger partial charge >= 0.3 is 5.97 Å². The quantitative estimate of drug-likeness (QED) is 0.582. The zero-order valence-electron chi connectivity index (χ0n) is 6.62. The zero-order valence-corrected chi connectivity index (χ0v) is 7.38. The number of carbonyl (C=O) groups excluding carboxylic acids is 1. The van der Waals surface area contributed by atoms with Gasteiger partial charge in [-0.05, 0) is 12.1 Å². The van der Waals surface area contributed by atoms with Crippen LogP contribution in [0.5, 0.6) is 5.75 Å². The van der Waals surface area contributed by atoms with Crippen LogP contribution in [0.15, 0.2) is 12.1 Å². The lowest BCUT2D eigenvalue weighted by Gasteiger charge is -2.02. The van der Waals surface area contributed by atoms with Crippen LogP contribution in [0.25, 0.3) is 0 Å². The monoisotopic (exact) mass is 218 g/mol. The third-order valence-corrected chi connectivity index (χ3v) is 1.76. The number of phenolic OH excluding ortho intramolecular Hbond substituents is 1. The molecule has 0 unspecified atom stereocenters. The number of aromatic hydroxyl groups is 1. The molecule has 0 saturated carbocycles. The van der Waals surface area contributed by atoms with Crippen LogP contribution >= 0.6 is 11.6 Å². The molecule has 0 atom stereocenters. The minimum absolute atomic E-state index is 0.408. The van der Waals surface area contributed by atoms with E-state index in [2.05, 4.69) is 0 Å². The van der Waals surface area contributed by atoms with E-state index in [0.29, 0.717) is 6.07 Å². The van der Waals surface area contributed by atoms with Crippen molar-refractivity contribution >= 4 is 23.4 Å². The number of carbonyl (C=O) groups is 2. The van der Waals surface area contributed by atoms with Gasteiger partial charge in [0.25, 0.3) is 5.78 Å². The summed E-state index contributed by atoms with van der Waals surface area (Å²) in [5.74, 6) is -4.83. The van der Waals surface area contributed by atoms with Gasteiger partial charge in [-0.3, -0.25) is 4.79 Å². The van der Waals surface area contributed by atoms with Crippen molar-refractivity contribution in [1.29, 1.82) is 0 Å². The second-order valence-corrected chi connectivity index (χ2v) is 2.83. The number of hydrogen-bond donors (Lipinski definition) is 2. The largest absolute Gasteiger partial charge is 0.506 e. The SMILES string of the molecule is O=C(O)C(=O)c1cc(F)cc(Cl)c1O. The number of ketones is 1. The van der Waals surface area contributed by atoms with E-state index in [9.17, 15) is 14.0 Å². The van der Waals surface area contributed by atoms with Crippen LogP contribution in [-0.2, 0) is 4.79 Å². The number of halogens is 2. The minimum Gasteiger partial charge on any atom is -0.506 e. The second kappa shape index (κ2) is 3.63. The van der Waals surface area contributed by atoms with Gasteiger partial charge < -0.3 is 10.2 Å². The van der Waals surface area contributed by atoms with E-state index >= 15 is 0 Å². The summed E-state index contributed by atoms with van der Waals surface area (Å²) < 4.78 is 12.7. The van der Waals surface area contributed by atoms with Crippen LogP contribution in [0.1, 0.15) is 10.4 Å². The molecule has 0 saturated heterocycles. The Bertz CT molecular complexity index is 416. The van der Waals surface area contributed by atoms with E-state index in [1.54, 1.807) is 0 Å². The lowest BCUT2D eigenvalue weighted by atomic mass is 10.1. The average molecular weight is 219 g/mol. The van der Waals surface area contributed by atoms with Crippen molar-refractivity contribution < 1.29 is 24.2 Å². The number of Topliss-reactive ketones (excluding diaryl/α,β-unsaturated/α-hetero) is 1. The van der Waals surface area contributed by atoms with Gasteiger partial charge in [-0.15, -0.1) is 0 Å². The van der Waals surface area contributed by atoms with Crippen LogP contribution in [0.2, 0.25) is 5.02 Å². The van der Waals surface area contributed by atoms with Crippen molar-refractivity contribution in [3.8, 4) is 5.75 Å². The predicted molar refractivity (Wildman–Crippen MR) is 45.0 cm³/mol. The van der Waals surface area contributed by atoms with Crippen molar-refractivity contribution in [1.82, 2.24) is 0 Å². The van der Waals surface area contributed by atoms with Crippen molar-refractivity contribution in [2.24, 2.45) is 0 Å². The maximum absolute atomic E-state index is 12.7. The molecule has 0 bridgehead atoms. The van der Waals surface area contributed by atoms with E-state index in [-0.39, 0.29) is 0 Å². The van der Waals surface area contributed by atoms with Crippen LogP contribution in [0, 0.1) is 5.82 Å². The molecule has 74 valence electrons. The fourth-order valence-corrected chi connectivity index (χ4v) is 1.06. The number of carboxylic acid groups (broad SMARTS) is 1. The molecule has 1 aromatic rings. The molecule has 0 aliphatic heterocycles. The van der Waals surface area contributed by atoms with Gasteiger partial charge in [0.05, 0.1) is 10.6 Å². The fourth-order valence-electron chi connectivity index (χ4n) is 0.854. The van der Waals surface area contributed by atoms with Gasteiger partial charge in [0.2, 0.25) is 0 Å². The Morgan fingerprint density at radius 1 is 1.36 bits per heavy atom. The first-order valence-corrected chi connectivity index (χ1v) is 3.77. The molecule has 0 fully saturated rings. The molecule has 1 aromatic carbocycles. The summed E-state index contributed by atoms with van der Waals surface area (Å²) in [6.45, 7) is 0. The Morgan fingerprint density at radius 2 is 1.93 bits per heavy atom. The second-order valence-electron chi connectivity index (χ2n) is 2.42. The summed E-state index contributed by atoms with van der Waals surface area (Å²) in [6.07, 6.45) is 0. The highest BCUT2D eigenvalue weighted by atomic mass is 35.5. The first kappa shape index (κ1) is 10.5. The first-order chi connectivity index (χ1) is 6.43. The Morgan fingerprint density at radius 3 is 2.43 bits per heavy atom. The van der Waals surface area contributed by atoms with E-state index in [4.69, 9.17) is 21.8 Å². The van der Waals surface area contributed by atoms with Crippen LogP contribution in [0.4, 0.5) is 4.39 Å². The number of rotatable bonds is 2. The van der Waals surface area contributed by atoms with Crippen molar-refractivity contribution in [3.05, 3.63) is 28.5 Å². The van der Waals surface area contributed by atoms with Gasteiger partial charge in [-0.1, -0.05) is 11.6 Å². The minimum atomic E-state index is -1.79. The molecular weight excluding hydrogens is 215 g/mol. The number of hydrogen-bond acceptors (Lipinski definition) is 3. The van der Waals surface area contributed by atoms with E-state index in [1.165, 1.54) is 0 Å². The molecule has 14 heavy (non-hydrogen) atoms. The molecule has 0 spiro atoms. The third kappa shape index (κ3) is 1.82. The summed E-state index contributed by atoms with van der Waals surface area (Å²) in [6, 6.07) is 1.38. The highest BCUT2D eigenvalue weighted by Gasteiger charge is 2.21. The zero-order chi connectivity index (χ0) is 10.9. The van der Waals surface area contributed by atoms with E-state index in [1.807, 2.05) is 0 Å². The van der Waals surface area contributed by atoms with E-state index in [0.717, 1.165) is 6.07 Å². The van der Waals surface area contributed by atoms with Gasteiger partial charge in [-0.25, -0.2) is 9.18 Å². The molecular formula is C8H4ClFO4. The van der Waals surface area contributed by atoms with Gasteiger partial charge in [0, 0.05) is 0 Å². The third-order valence-electron chi connectivity index (χ3n) is 1.47. The summed E-state index contributed by atoms with van der Waals surface area (Å²) in [4.78, 5) is 21.1. The molecule has 0 aromatic heterocycles. The molecule has 0 aliphatic carbocycles. The standard InChI is InChI=1S/C8H4ClFO4/c9-5-2-3(10)1-4(6(5)11)7(12)8(13)14/h1-2,11H,(H,13,14). The highest BCUT2D eigenvalue weighted by molar-refractivity contribution is 6.41. The summed E-state index contributed by atoms with van der Waals surface area (Å²) in [5, 5.41) is 17.1. The Kier molecular flexibility index (Phi) is 2.71. The lowest BCUT2D eigenvalue weighted by Crippen LogP contribution is -2.13. The summed E-state index contributed by atoms with van der Waals surface area (Å²) in [7, 11) is 0. The highest BCUT2D eigenvalue weighted by Crippen LogP contribution is 2.28. The normalized spacial score (nSPS) is 9.86. The Balaban J connectivity index is 3.34. The van der Waals surface area contributed by atoms with Gasteiger partial charge in [0.1, 0.15) is 11.6 Å². The predicted octanol–water partition coefficient (Wildman–Crippen LogP) is 1.45. The molecule has 6 heteroatoms. The van der Waals surface area contributed by atoms with Crippen LogP contribution in [-0.4, -0.2) is 22.0 Å². The molecule has 0 heterocycles. The van der Waals surface area contributed by atoms with Crippen LogP contribution in [0.3, 0.4) is 0 Å². The molecule has 1 rings (SSSR count). The molecule has 2 N–H and O–H groups in total. The van der Waals surface area contributed by atoms with Gasteiger partial charge in [0.15, 0.2) is 0 Å². The maximum Gasteiger partial charge on any atom is 0.377 e. The summed E-state index contributed by atoms with van der Waals surface area (Å²) in [5.41, 5.74) is -0.664. The van der Waals surface area contributed by atoms with Gasteiger partial charge in [-0.2, -0.15) is 0 Å². The van der Waals surface area contributed by atoms with Crippen LogP contribution < -0.4 is 0 Å². The molecule has 0 amide bonds. The molecule has 0 aliphatic rings. The molecule has 4 nitrogen and oxygen atoms in total. The van der Waals surface area contributed by atoms with Crippen molar-refractivity contribution in [2.75, 3.05) is 0 Å². The van der Waals surface area contributed by atoms with E-state index < -0.39 is 33.9 Å². The number of benzene rings is 1. The number of phenols is 1. The topological polar surface area (TPSA) is 74.6 Å². The number of carboxylic acids is 1. The Hall–Kier alpha value is -1.62. The fraction of sp³-hybridized carbons (Fsp3) is 0. The van der Waals surface area contributed by atoms with Crippen molar-refractivity contribution in [3.63, 3.8) is 0 Å². The smallest absolute Gasteiger partial charge is 0.377 e. The average Bonchev–Trinajstić information content (AvgIpc) is 2.09. The Labute approximate surface area is 82.5 Å². The lowest BCUT2D eigenvalue weighted by molar-refractivity contribution is -0.131. The first-order valence-electron chi connectivity index (χ1n) is 3.39. The van der Waals surface area contributed by atoms with Crippen molar-refractivity contribution in [2.45, 2.75) is 0 Å².